The number of esters is 1. The van der Waals surface area contributed by atoms with E-state index in [4.69, 9.17) is 32.7 Å². The minimum atomic E-state index is -0.344. The number of benzene rings is 2. The second-order valence-corrected chi connectivity index (χ2v) is 7.36. The SMILES string of the molecule is CCOc1ccc(-c2nc(COC(=O)Cc3ccc(Cl)c(Cl)c3)cs2)cc1. The molecule has 7 heteroatoms. The summed E-state index contributed by atoms with van der Waals surface area (Å²) in [5, 5.41) is 3.63. The Morgan fingerprint density at radius 1 is 1.11 bits per heavy atom. The van der Waals surface area contributed by atoms with E-state index in [1.165, 1.54) is 11.3 Å². The summed E-state index contributed by atoms with van der Waals surface area (Å²) in [5.74, 6) is 0.485. The van der Waals surface area contributed by atoms with Crippen LogP contribution in [0.4, 0.5) is 0 Å². The van der Waals surface area contributed by atoms with Crippen LogP contribution in [0, 0.1) is 0 Å². The van der Waals surface area contributed by atoms with Crippen LogP contribution in [-0.4, -0.2) is 17.6 Å². The van der Waals surface area contributed by atoms with Crippen molar-refractivity contribution in [2.45, 2.75) is 20.0 Å². The Morgan fingerprint density at radius 2 is 1.89 bits per heavy atom. The smallest absolute Gasteiger partial charge is 0.310 e. The molecule has 0 radical (unpaired) electrons. The Balaban J connectivity index is 1.55. The molecule has 0 fully saturated rings. The molecule has 27 heavy (non-hydrogen) atoms. The Labute approximate surface area is 171 Å². The van der Waals surface area contributed by atoms with E-state index in [-0.39, 0.29) is 19.0 Å². The highest BCUT2D eigenvalue weighted by Crippen LogP contribution is 2.26. The maximum absolute atomic E-state index is 12.0. The maximum Gasteiger partial charge on any atom is 0.310 e. The number of aromatic nitrogens is 1. The highest BCUT2D eigenvalue weighted by Gasteiger charge is 2.10. The lowest BCUT2D eigenvalue weighted by atomic mass is 10.1. The number of carbonyl (C=O) groups is 1. The molecule has 0 spiro atoms. The fourth-order valence-corrected chi connectivity index (χ4v) is 3.52. The summed E-state index contributed by atoms with van der Waals surface area (Å²) in [6.07, 6.45) is 0.132. The zero-order chi connectivity index (χ0) is 19.2. The normalized spacial score (nSPS) is 10.6. The molecule has 0 saturated carbocycles. The molecule has 4 nitrogen and oxygen atoms in total. The molecular weight excluding hydrogens is 405 g/mol. The first-order valence-corrected chi connectivity index (χ1v) is 9.96. The van der Waals surface area contributed by atoms with Crippen molar-refractivity contribution in [3.63, 3.8) is 0 Å². The summed E-state index contributed by atoms with van der Waals surface area (Å²) in [5.41, 5.74) is 2.46. The average Bonchev–Trinajstić information content (AvgIpc) is 3.13. The van der Waals surface area contributed by atoms with Gasteiger partial charge >= 0.3 is 5.97 Å². The van der Waals surface area contributed by atoms with Gasteiger partial charge in [0.1, 0.15) is 17.4 Å². The summed E-state index contributed by atoms with van der Waals surface area (Å²) in [4.78, 5) is 16.5. The number of hydrogen-bond donors (Lipinski definition) is 0. The first-order valence-electron chi connectivity index (χ1n) is 8.32. The lowest BCUT2D eigenvalue weighted by Crippen LogP contribution is -2.08. The zero-order valence-electron chi connectivity index (χ0n) is 14.6. The van der Waals surface area contributed by atoms with E-state index in [0.29, 0.717) is 22.3 Å². The molecule has 3 rings (SSSR count). The highest BCUT2D eigenvalue weighted by molar-refractivity contribution is 7.13. The lowest BCUT2D eigenvalue weighted by molar-refractivity contribution is -0.144. The van der Waals surface area contributed by atoms with Crippen LogP contribution in [0.15, 0.2) is 47.8 Å². The molecule has 1 heterocycles. The lowest BCUT2D eigenvalue weighted by Gasteiger charge is -2.04. The van der Waals surface area contributed by atoms with Crippen molar-refractivity contribution in [2.75, 3.05) is 6.61 Å². The highest BCUT2D eigenvalue weighted by atomic mass is 35.5. The molecule has 0 N–H and O–H groups in total. The van der Waals surface area contributed by atoms with Crippen LogP contribution >= 0.6 is 34.5 Å². The number of ether oxygens (including phenoxy) is 2. The number of nitrogens with zero attached hydrogens (tertiary/aromatic N) is 1. The molecule has 0 atom stereocenters. The van der Waals surface area contributed by atoms with Crippen LogP contribution in [0.5, 0.6) is 5.75 Å². The third-order valence-corrected chi connectivity index (χ3v) is 5.36. The summed E-state index contributed by atoms with van der Waals surface area (Å²) in [6, 6.07) is 12.8. The van der Waals surface area contributed by atoms with Crippen molar-refractivity contribution in [1.29, 1.82) is 0 Å². The Hall–Kier alpha value is -2.08. The van der Waals surface area contributed by atoms with Gasteiger partial charge in [0.05, 0.1) is 28.8 Å². The average molecular weight is 422 g/mol. The van der Waals surface area contributed by atoms with E-state index >= 15 is 0 Å². The number of thiazole rings is 1. The van der Waals surface area contributed by atoms with Gasteiger partial charge < -0.3 is 9.47 Å². The summed E-state index contributed by atoms with van der Waals surface area (Å²) in [7, 11) is 0. The molecule has 0 saturated heterocycles. The van der Waals surface area contributed by atoms with E-state index in [0.717, 1.165) is 21.9 Å². The molecule has 0 aliphatic carbocycles. The van der Waals surface area contributed by atoms with Crippen LogP contribution in [0.3, 0.4) is 0 Å². The number of carbonyl (C=O) groups excluding carboxylic acids is 1. The topological polar surface area (TPSA) is 48.4 Å². The minimum Gasteiger partial charge on any atom is -0.494 e. The van der Waals surface area contributed by atoms with E-state index < -0.39 is 0 Å². The van der Waals surface area contributed by atoms with Crippen molar-refractivity contribution in [1.82, 2.24) is 4.98 Å². The zero-order valence-corrected chi connectivity index (χ0v) is 16.9. The van der Waals surface area contributed by atoms with E-state index in [2.05, 4.69) is 4.98 Å². The predicted molar refractivity (Wildman–Crippen MR) is 109 cm³/mol. The van der Waals surface area contributed by atoms with E-state index in [1.807, 2.05) is 36.6 Å². The molecular formula is C20H17Cl2NO3S. The van der Waals surface area contributed by atoms with E-state index in [9.17, 15) is 4.79 Å². The van der Waals surface area contributed by atoms with Crippen LogP contribution in [0.25, 0.3) is 10.6 Å². The van der Waals surface area contributed by atoms with Crippen molar-refractivity contribution < 1.29 is 14.3 Å². The van der Waals surface area contributed by atoms with Crippen molar-refractivity contribution in [2.24, 2.45) is 0 Å². The Kier molecular flexibility index (Phi) is 6.72. The van der Waals surface area contributed by atoms with Gasteiger partial charge in [-0.3, -0.25) is 4.79 Å². The van der Waals surface area contributed by atoms with Crippen LogP contribution < -0.4 is 4.74 Å². The second kappa shape index (κ2) is 9.22. The first-order chi connectivity index (χ1) is 13.0. The van der Waals surface area contributed by atoms with Crippen LogP contribution in [0.2, 0.25) is 10.0 Å². The van der Waals surface area contributed by atoms with Crippen molar-refractivity contribution in [3.8, 4) is 16.3 Å². The van der Waals surface area contributed by atoms with Crippen molar-refractivity contribution in [3.05, 3.63) is 69.1 Å². The molecule has 0 unspecified atom stereocenters. The predicted octanol–water partition coefficient (Wildman–Crippen LogP) is 5.80. The molecule has 0 bridgehead atoms. The third kappa shape index (κ3) is 5.45. The van der Waals surface area contributed by atoms with Gasteiger partial charge in [0, 0.05) is 10.9 Å². The van der Waals surface area contributed by atoms with Gasteiger partial charge in [-0.1, -0.05) is 29.3 Å². The summed E-state index contributed by atoms with van der Waals surface area (Å²) in [6.45, 7) is 2.71. The molecule has 0 amide bonds. The summed E-state index contributed by atoms with van der Waals surface area (Å²) >= 11 is 13.3. The van der Waals surface area contributed by atoms with Crippen LogP contribution in [-0.2, 0) is 22.6 Å². The van der Waals surface area contributed by atoms with Gasteiger partial charge in [-0.05, 0) is 48.9 Å². The van der Waals surface area contributed by atoms with Gasteiger partial charge in [-0.25, -0.2) is 4.98 Å². The van der Waals surface area contributed by atoms with Gasteiger partial charge in [0.25, 0.3) is 0 Å². The second-order valence-electron chi connectivity index (χ2n) is 5.69. The van der Waals surface area contributed by atoms with Crippen molar-refractivity contribution >= 4 is 40.5 Å². The molecule has 0 aliphatic rings. The largest absolute Gasteiger partial charge is 0.494 e. The quantitative estimate of drug-likeness (QED) is 0.452. The fraction of sp³-hybridized carbons (Fsp3) is 0.200. The standard InChI is InChI=1S/C20H17Cl2NO3S/c1-2-25-16-6-4-14(5-7-16)20-23-15(12-27-20)11-26-19(24)10-13-3-8-17(21)18(22)9-13/h3-9,12H,2,10-11H2,1H3. The van der Waals surface area contributed by atoms with Gasteiger partial charge in [-0.15, -0.1) is 11.3 Å². The van der Waals surface area contributed by atoms with Crippen LogP contribution in [0.1, 0.15) is 18.2 Å². The molecule has 3 aromatic rings. The van der Waals surface area contributed by atoms with E-state index in [1.54, 1.807) is 18.2 Å². The molecule has 1 aromatic heterocycles. The van der Waals surface area contributed by atoms with Gasteiger partial charge in [-0.2, -0.15) is 0 Å². The first kappa shape index (κ1) is 19.7. The molecule has 2 aromatic carbocycles. The van der Waals surface area contributed by atoms with Gasteiger partial charge in [0.15, 0.2) is 0 Å². The minimum absolute atomic E-state index is 0.132. The molecule has 0 aliphatic heterocycles. The number of hydrogen-bond acceptors (Lipinski definition) is 5. The third-order valence-electron chi connectivity index (χ3n) is 3.68. The maximum atomic E-state index is 12.0. The van der Waals surface area contributed by atoms with Gasteiger partial charge in [0.2, 0.25) is 0 Å². The number of rotatable bonds is 7. The fourth-order valence-electron chi connectivity index (χ4n) is 2.39. The number of halogens is 2. The monoisotopic (exact) mass is 421 g/mol. The summed E-state index contributed by atoms with van der Waals surface area (Å²) < 4.78 is 10.8. The Morgan fingerprint density at radius 3 is 2.59 bits per heavy atom. The Bertz CT molecular complexity index is 925. The molecule has 140 valence electrons.